The Kier molecular flexibility index (Phi) is 4.93. The second-order valence-corrected chi connectivity index (χ2v) is 6.33. The summed E-state index contributed by atoms with van der Waals surface area (Å²) in [7, 11) is -4.33. The van der Waals surface area contributed by atoms with Crippen LogP contribution in [0.4, 0.5) is 10.5 Å². The van der Waals surface area contributed by atoms with Crippen molar-refractivity contribution in [1.82, 2.24) is 10.0 Å². The van der Waals surface area contributed by atoms with Crippen LogP contribution in [0.15, 0.2) is 29.2 Å². The van der Waals surface area contributed by atoms with E-state index in [2.05, 4.69) is 5.32 Å². The van der Waals surface area contributed by atoms with Crippen LogP contribution in [0.2, 0.25) is 0 Å². The van der Waals surface area contributed by atoms with Gasteiger partial charge in [0.2, 0.25) is 0 Å². The number of nitrogens with zero attached hydrogens (tertiary/aromatic N) is 1. The lowest BCUT2D eigenvalue weighted by Gasteiger charge is -2.12. The average molecular weight is 329 g/mol. The van der Waals surface area contributed by atoms with Gasteiger partial charge in [-0.15, -0.1) is 0 Å². The number of hydrogen-bond donors (Lipinski definition) is 2. The molecule has 1 aliphatic heterocycles. The van der Waals surface area contributed by atoms with Gasteiger partial charge in [0.25, 0.3) is 15.7 Å². The van der Waals surface area contributed by atoms with Gasteiger partial charge in [-0.3, -0.25) is 10.1 Å². The van der Waals surface area contributed by atoms with Gasteiger partial charge in [0.05, 0.1) is 11.0 Å². The van der Waals surface area contributed by atoms with Crippen LogP contribution < -0.4 is 10.0 Å². The Morgan fingerprint density at radius 3 is 2.77 bits per heavy atom. The number of nitrogens with one attached hydrogen (secondary N) is 2. The van der Waals surface area contributed by atoms with Gasteiger partial charge in [-0.1, -0.05) is 12.1 Å². The number of amides is 2. The largest absolute Gasteiger partial charge is 0.376 e. The minimum atomic E-state index is -4.33. The Morgan fingerprint density at radius 2 is 2.14 bits per heavy atom. The van der Waals surface area contributed by atoms with Crippen LogP contribution in [0.25, 0.3) is 0 Å². The van der Waals surface area contributed by atoms with E-state index in [1.807, 2.05) is 0 Å². The molecule has 10 heteroatoms. The third-order valence-corrected chi connectivity index (χ3v) is 4.47. The third-order valence-electron chi connectivity index (χ3n) is 3.09. The van der Waals surface area contributed by atoms with E-state index < -0.39 is 31.6 Å². The Bertz CT molecular complexity index is 669. The number of benzene rings is 1. The number of carbonyl (C=O) groups excluding carboxylic acids is 1. The summed E-state index contributed by atoms with van der Waals surface area (Å²) in [5.74, 6) is 0. The Hall–Kier alpha value is -2.20. The Labute approximate surface area is 126 Å². The van der Waals surface area contributed by atoms with Crippen molar-refractivity contribution in [2.24, 2.45) is 0 Å². The fraction of sp³-hybridized carbons (Fsp3) is 0.417. The minimum absolute atomic E-state index is 0.139. The SMILES string of the molecule is O=C(NCC1CCCO1)NS(=O)(=O)c1ccccc1[N+](=O)[O-]. The molecule has 1 aromatic rings. The highest BCUT2D eigenvalue weighted by molar-refractivity contribution is 7.90. The number of hydrogen-bond acceptors (Lipinski definition) is 6. The molecule has 1 aliphatic rings. The van der Waals surface area contributed by atoms with Crippen LogP contribution in [0.3, 0.4) is 0 Å². The molecule has 1 atom stereocenters. The van der Waals surface area contributed by atoms with Crippen molar-refractivity contribution in [3.05, 3.63) is 34.4 Å². The van der Waals surface area contributed by atoms with Gasteiger partial charge in [-0.25, -0.2) is 17.9 Å². The molecule has 1 heterocycles. The molecule has 0 radical (unpaired) electrons. The average Bonchev–Trinajstić information content (AvgIpc) is 2.98. The minimum Gasteiger partial charge on any atom is -0.376 e. The summed E-state index contributed by atoms with van der Waals surface area (Å²) in [4.78, 5) is 21.1. The summed E-state index contributed by atoms with van der Waals surface area (Å²) in [6, 6.07) is 3.85. The van der Waals surface area contributed by atoms with E-state index in [0.717, 1.165) is 25.0 Å². The number of nitro groups is 1. The van der Waals surface area contributed by atoms with Gasteiger partial charge in [-0.05, 0) is 18.9 Å². The molecule has 2 N–H and O–H groups in total. The van der Waals surface area contributed by atoms with Crippen LogP contribution >= 0.6 is 0 Å². The third kappa shape index (κ3) is 3.92. The number of ether oxygens (including phenoxy) is 1. The summed E-state index contributed by atoms with van der Waals surface area (Å²) in [6.07, 6.45) is 1.54. The first-order valence-corrected chi connectivity index (χ1v) is 8.04. The lowest BCUT2D eigenvalue weighted by atomic mass is 10.2. The summed E-state index contributed by atoms with van der Waals surface area (Å²) < 4.78 is 31.2. The number of para-hydroxylation sites is 1. The lowest BCUT2D eigenvalue weighted by molar-refractivity contribution is -0.387. The van der Waals surface area contributed by atoms with E-state index in [1.54, 1.807) is 4.72 Å². The molecule has 120 valence electrons. The maximum Gasteiger partial charge on any atom is 0.328 e. The number of urea groups is 1. The number of sulfonamides is 1. The number of rotatable bonds is 5. The molecule has 0 saturated carbocycles. The fourth-order valence-corrected chi connectivity index (χ4v) is 3.16. The molecule has 22 heavy (non-hydrogen) atoms. The predicted octanol–water partition coefficient (Wildman–Crippen LogP) is 0.762. The van der Waals surface area contributed by atoms with Crippen molar-refractivity contribution < 1.29 is 22.9 Å². The lowest BCUT2D eigenvalue weighted by Crippen LogP contribution is -2.42. The smallest absolute Gasteiger partial charge is 0.328 e. The molecule has 0 aliphatic carbocycles. The van der Waals surface area contributed by atoms with Gasteiger partial charge in [0, 0.05) is 19.2 Å². The van der Waals surface area contributed by atoms with E-state index in [4.69, 9.17) is 4.74 Å². The number of carbonyl (C=O) groups is 1. The van der Waals surface area contributed by atoms with Gasteiger partial charge in [0.15, 0.2) is 4.90 Å². The first-order chi connectivity index (χ1) is 10.4. The van der Waals surface area contributed by atoms with Crippen molar-refractivity contribution in [3.63, 3.8) is 0 Å². The zero-order valence-corrected chi connectivity index (χ0v) is 12.3. The first-order valence-electron chi connectivity index (χ1n) is 6.56. The summed E-state index contributed by atoms with van der Waals surface area (Å²) in [5.41, 5.74) is -0.595. The highest BCUT2D eigenvalue weighted by atomic mass is 32.2. The molecular weight excluding hydrogens is 314 g/mol. The van der Waals surface area contributed by atoms with E-state index in [1.165, 1.54) is 12.1 Å². The van der Waals surface area contributed by atoms with E-state index >= 15 is 0 Å². The van der Waals surface area contributed by atoms with Crippen LogP contribution in [0.1, 0.15) is 12.8 Å². The molecule has 2 amide bonds. The van der Waals surface area contributed by atoms with Gasteiger partial charge >= 0.3 is 6.03 Å². The van der Waals surface area contributed by atoms with E-state index in [-0.39, 0.29) is 12.6 Å². The summed E-state index contributed by atoms with van der Waals surface area (Å²) >= 11 is 0. The van der Waals surface area contributed by atoms with Crippen molar-refractivity contribution >= 4 is 21.7 Å². The van der Waals surface area contributed by atoms with Crippen molar-refractivity contribution in [3.8, 4) is 0 Å². The molecule has 2 rings (SSSR count). The van der Waals surface area contributed by atoms with Gasteiger partial charge in [-0.2, -0.15) is 0 Å². The molecule has 1 unspecified atom stereocenters. The molecule has 1 fully saturated rings. The molecule has 0 aromatic heterocycles. The highest BCUT2D eigenvalue weighted by Crippen LogP contribution is 2.22. The quantitative estimate of drug-likeness (QED) is 0.606. The zero-order chi connectivity index (χ0) is 16.2. The topological polar surface area (TPSA) is 128 Å². The predicted molar refractivity (Wildman–Crippen MR) is 75.8 cm³/mol. The van der Waals surface area contributed by atoms with Gasteiger partial charge < -0.3 is 10.1 Å². The Morgan fingerprint density at radius 1 is 1.41 bits per heavy atom. The zero-order valence-electron chi connectivity index (χ0n) is 11.5. The van der Waals surface area contributed by atoms with Crippen LogP contribution in [0, 0.1) is 10.1 Å². The summed E-state index contributed by atoms with van der Waals surface area (Å²) in [5, 5.41) is 13.2. The Balaban J connectivity index is 2.04. The molecule has 9 nitrogen and oxygen atoms in total. The highest BCUT2D eigenvalue weighted by Gasteiger charge is 2.27. The van der Waals surface area contributed by atoms with Crippen LogP contribution in [0.5, 0.6) is 0 Å². The first kappa shape index (κ1) is 16.2. The fourth-order valence-electron chi connectivity index (χ4n) is 2.06. The number of nitro benzene ring substituents is 1. The summed E-state index contributed by atoms with van der Waals surface area (Å²) in [6.45, 7) is 0.792. The maximum absolute atomic E-state index is 12.1. The van der Waals surface area contributed by atoms with Crippen molar-refractivity contribution in [1.29, 1.82) is 0 Å². The van der Waals surface area contributed by atoms with E-state index in [0.29, 0.717) is 6.61 Å². The molecule has 0 bridgehead atoms. The molecular formula is C12H15N3O6S. The second kappa shape index (κ2) is 6.71. The van der Waals surface area contributed by atoms with E-state index in [9.17, 15) is 23.3 Å². The van der Waals surface area contributed by atoms with Crippen molar-refractivity contribution in [2.45, 2.75) is 23.8 Å². The standard InChI is InChI=1S/C12H15N3O6S/c16-12(13-8-9-4-3-7-21-9)14-22(19,20)11-6-2-1-5-10(11)15(17)18/h1-2,5-6,9H,3-4,7-8H2,(H2,13,14,16). The van der Waals surface area contributed by atoms with Crippen molar-refractivity contribution in [2.75, 3.05) is 13.2 Å². The molecule has 1 saturated heterocycles. The van der Waals surface area contributed by atoms with Crippen LogP contribution in [-0.4, -0.2) is 38.6 Å². The monoisotopic (exact) mass is 329 g/mol. The van der Waals surface area contributed by atoms with Gasteiger partial charge in [0.1, 0.15) is 0 Å². The normalized spacial score (nSPS) is 17.9. The second-order valence-electron chi connectivity index (χ2n) is 4.68. The molecule has 1 aromatic carbocycles. The molecule has 0 spiro atoms. The van der Waals surface area contributed by atoms with Crippen LogP contribution in [-0.2, 0) is 14.8 Å². The maximum atomic E-state index is 12.1.